The first-order valence-corrected chi connectivity index (χ1v) is 5.83. The van der Waals surface area contributed by atoms with E-state index in [0.29, 0.717) is 15.7 Å². The highest BCUT2D eigenvalue weighted by Crippen LogP contribution is 2.33. The molecule has 0 aliphatic carbocycles. The van der Waals surface area contributed by atoms with Crippen molar-refractivity contribution in [1.29, 1.82) is 0 Å². The average molecular weight is 266 g/mol. The molecular weight excluding hydrogens is 256 g/mol. The Labute approximate surface area is 107 Å². The van der Waals surface area contributed by atoms with Crippen LogP contribution in [0.2, 0.25) is 0 Å². The van der Waals surface area contributed by atoms with Crippen molar-refractivity contribution in [2.24, 2.45) is 7.05 Å². The van der Waals surface area contributed by atoms with Gasteiger partial charge in [-0.25, -0.2) is 4.98 Å². The molecule has 0 aromatic carbocycles. The largest absolute Gasteiger partial charge is 0.390 e. The fourth-order valence-electron chi connectivity index (χ4n) is 1.36. The van der Waals surface area contributed by atoms with E-state index in [1.807, 2.05) is 0 Å². The predicted octanol–water partition coefficient (Wildman–Crippen LogP) is 1.37. The van der Waals surface area contributed by atoms with Gasteiger partial charge in [0.25, 0.3) is 0 Å². The van der Waals surface area contributed by atoms with Crippen LogP contribution in [0.15, 0.2) is 34.7 Å². The summed E-state index contributed by atoms with van der Waals surface area (Å²) in [7, 11) is 1.74. The van der Waals surface area contributed by atoms with Gasteiger partial charge in [0, 0.05) is 13.2 Å². The maximum absolute atomic E-state index is 10.8. The number of imidazole rings is 1. The van der Waals surface area contributed by atoms with Gasteiger partial charge in [-0.15, -0.1) is 0 Å². The van der Waals surface area contributed by atoms with Gasteiger partial charge in [-0.2, -0.15) is 0 Å². The van der Waals surface area contributed by atoms with Crippen molar-refractivity contribution in [3.63, 3.8) is 0 Å². The molecule has 2 rings (SSSR count). The van der Waals surface area contributed by atoms with Gasteiger partial charge < -0.3 is 9.67 Å². The Balaban J connectivity index is 2.34. The van der Waals surface area contributed by atoms with Crippen LogP contribution in [0.5, 0.6) is 0 Å². The zero-order valence-electron chi connectivity index (χ0n) is 9.48. The summed E-state index contributed by atoms with van der Waals surface area (Å²) >= 11 is 1.16. The van der Waals surface area contributed by atoms with E-state index in [0.717, 1.165) is 11.8 Å². The maximum atomic E-state index is 10.8. The lowest BCUT2D eigenvalue weighted by molar-refractivity contribution is -0.388. The average Bonchev–Trinajstić information content (AvgIpc) is 2.71. The number of nitro groups is 1. The van der Waals surface area contributed by atoms with Gasteiger partial charge in [0.15, 0.2) is 5.16 Å². The molecule has 0 bridgehead atoms. The molecule has 0 radical (unpaired) electrons. The molecule has 0 amide bonds. The second-order valence-corrected chi connectivity index (χ2v) is 4.46. The molecule has 0 saturated heterocycles. The molecule has 0 saturated carbocycles. The Morgan fingerprint density at radius 2 is 2.33 bits per heavy atom. The highest BCUT2D eigenvalue weighted by atomic mass is 32.2. The minimum atomic E-state index is -0.481. The van der Waals surface area contributed by atoms with Crippen molar-refractivity contribution < 1.29 is 10.0 Å². The summed E-state index contributed by atoms with van der Waals surface area (Å²) in [6.07, 6.45) is 4.23. The fourth-order valence-corrected chi connectivity index (χ4v) is 2.28. The van der Waals surface area contributed by atoms with Crippen molar-refractivity contribution in [2.45, 2.75) is 16.7 Å². The second kappa shape index (κ2) is 5.15. The van der Waals surface area contributed by atoms with Crippen LogP contribution in [-0.2, 0) is 13.7 Å². The molecular formula is C10H10N4O3S. The molecule has 94 valence electrons. The van der Waals surface area contributed by atoms with Crippen LogP contribution in [0, 0.1) is 10.1 Å². The minimum absolute atomic E-state index is 0.0592. The van der Waals surface area contributed by atoms with Crippen molar-refractivity contribution >= 4 is 17.4 Å². The summed E-state index contributed by atoms with van der Waals surface area (Å²) in [5, 5.41) is 20.5. The Morgan fingerprint density at radius 1 is 1.56 bits per heavy atom. The molecule has 0 aliphatic rings. The number of hydrogen-bond acceptors (Lipinski definition) is 6. The third kappa shape index (κ3) is 2.34. The fraction of sp³-hybridized carbons (Fsp3) is 0.200. The van der Waals surface area contributed by atoms with Crippen LogP contribution in [0.1, 0.15) is 5.69 Å². The van der Waals surface area contributed by atoms with E-state index in [4.69, 9.17) is 5.11 Å². The van der Waals surface area contributed by atoms with Crippen molar-refractivity contribution in [3.8, 4) is 0 Å². The van der Waals surface area contributed by atoms with Gasteiger partial charge in [-0.3, -0.25) is 15.1 Å². The molecule has 1 N–H and O–H groups in total. The minimum Gasteiger partial charge on any atom is -0.390 e. The smallest absolute Gasteiger partial charge is 0.301 e. The molecule has 0 fully saturated rings. The van der Waals surface area contributed by atoms with Gasteiger partial charge >= 0.3 is 5.69 Å². The van der Waals surface area contributed by atoms with Crippen molar-refractivity contribution in [3.05, 3.63) is 40.5 Å². The molecule has 7 nitrogen and oxygen atoms in total. The summed E-state index contributed by atoms with van der Waals surface area (Å²) in [5.74, 6) is 0. The van der Waals surface area contributed by atoms with Gasteiger partial charge in [-0.1, -0.05) is 0 Å². The molecule has 0 atom stereocenters. The van der Waals surface area contributed by atoms with E-state index >= 15 is 0 Å². The number of aromatic nitrogens is 3. The van der Waals surface area contributed by atoms with E-state index in [1.54, 1.807) is 17.7 Å². The summed E-state index contributed by atoms with van der Waals surface area (Å²) in [4.78, 5) is 18.7. The van der Waals surface area contributed by atoms with E-state index < -0.39 is 4.92 Å². The monoisotopic (exact) mass is 266 g/mol. The lowest BCUT2D eigenvalue weighted by Crippen LogP contribution is -1.98. The lowest BCUT2D eigenvalue weighted by Gasteiger charge is -2.04. The molecule has 2 aromatic rings. The van der Waals surface area contributed by atoms with Crippen LogP contribution in [0.3, 0.4) is 0 Å². The first kappa shape index (κ1) is 12.5. The molecule has 0 aliphatic heterocycles. The number of hydrogen-bond donors (Lipinski definition) is 1. The Hall–Kier alpha value is -1.93. The zero-order chi connectivity index (χ0) is 13.1. The first-order valence-electron chi connectivity index (χ1n) is 5.01. The van der Waals surface area contributed by atoms with Gasteiger partial charge in [0.05, 0.1) is 28.3 Å². The highest BCUT2D eigenvalue weighted by Gasteiger charge is 2.17. The lowest BCUT2D eigenvalue weighted by atomic mass is 10.4. The van der Waals surface area contributed by atoms with Gasteiger partial charge in [-0.05, 0) is 17.8 Å². The quantitative estimate of drug-likeness (QED) is 0.663. The second-order valence-electron chi connectivity index (χ2n) is 3.45. The van der Waals surface area contributed by atoms with Gasteiger partial charge in [0.2, 0.25) is 0 Å². The number of rotatable bonds is 4. The molecule has 18 heavy (non-hydrogen) atoms. The topological polar surface area (TPSA) is 94.1 Å². The summed E-state index contributed by atoms with van der Waals surface area (Å²) < 4.78 is 1.69. The Kier molecular flexibility index (Phi) is 3.58. The van der Waals surface area contributed by atoms with E-state index in [1.165, 1.54) is 18.6 Å². The third-order valence-corrected chi connectivity index (χ3v) is 3.49. The van der Waals surface area contributed by atoms with Crippen molar-refractivity contribution in [2.75, 3.05) is 0 Å². The summed E-state index contributed by atoms with van der Waals surface area (Å²) in [6.45, 7) is -0.123. The normalized spacial score (nSPS) is 10.6. The van der Waals surface area contributed by atoms with Crippen molar-refractivity contribution in [1.82, 2.24) is 14.5 Å². The molecule has 0 unspecified atom stereocenters. The summed E-state index contributed by atoms with van der Waals surface area (Å²) in [5.41, 5.74) is 0.588. The van der Waals surface area contributed by atoms with Crippen LogP contribution >= 0.6 is 11.8 Å². The number of nitrogens with zero attached hydrogens (tertiary/aromatic N) is 4. The maximum Gasteiger partial charge on any atom is 0.301 e. The molecule has 8 heteroatoms. The Morgan fingerprint density at radius 3 is 2.94 bits per heavy atom. The van der Waals surface area contributed by atoms with E-state index in [2.05, 4.69) is 9.97 Å². The standard InChI is InChI=1S/C10H10N4O3S/c1-13-7(6-15)4-12-10(13)18-9-2-3-11-5-8(9)14(16)17/h2-5,15H,6H2,1H3. The van der Waals surface area contributed by atoms with E-state index in [9.17, 15) is 10.1 Å². The van der Waals surface area contributed by atoms with E-state index in [-0.39, 0.29) is 12.3 Å². The van der Waals surface area contributed by atoms with Crippen LogP contribution in [0.25, 0.3) is 0 Å². The number of aliphatic hydroxyl groups excluding tert-OH is 1. The zero-order valence-corrected chi connectivity index (χ0v) is 10.3. The van der Waals surface area contributed by atoms with Gasteiger partial charge in [0.1, 0.15) is 6.20 Å². The predicted molar refractivity (Wildman–Crippen MR) is 64.1 cm³/mol. The summed E-state index contributed by atoms with van der Waals surface area (Å²) in [6, 6.07) is 1.57. The first-order chi connectivity index (χ1) is 8.63. The van der Waals surface area contributed by atoms with Crippen LogP contribution in [0.4, 0.5) is 5.69 Å². The molecule has 2 heterocycles. The van der Waals surface area contributed by atoms with Crippen LogP contribution in [-0.4, -0.2) is 24.6 Å². The third-order valence-electron chi connectivity index (χ3n) is 2.36. The SMILES string of the molecule is Cn1c(CO)cnc1Sc1ccncc1[N+](=O)[O-]. The van der Waals surface area contributed by atoms with Crippen LogP contribution < -0.4 is 0 Å². The number of aliphatic hydroxyl groups is 1. The number of pyridine rings is 1. The highest BCUT2D eigenvalue weighted by molar-refractivity contribution is 7.99. The molecule has 2 aromatic heterocycles. The Bertz CT molecular complexity index is 584. The molecule has 0 spiro atoms.